The van der Waals surface area contributed by atoms with Crippen LogP contribution in [0.4, 0.5) is 0 Å². The number of aryl methyl sites for hydroxylation is 1. The van der Waals surface area contributed by atoms with E-state index in [-0.39, 0.29) is 5.43 Å². The summed E-state index contributed by atoms with van der Waals surface area (Å²) in [4.78, 5) is 12.8. The first-order valence-corrected chi connectivity index (χ1v) is 10.6. The molecule has 3 nitrogen and oxygen atoms in total. The largest absolute Gasteiger partial charge is 0.497 e. The van der Waals surface area contributed by atoms with E-state index >= 15 is 0 Å². The molecule has 0 aliphatic carbocycles. The minimum Gasteiger partial charge on any atom is -0.497 e. The number of methoxy groups -OCH3 is 1. The molecule has 0 N–H and O–H groups in total. The van der Waals surface area contributed by atoms with Gasteiger partial charge in [-0.1, -0.05) is 69.0 Å². The van der Waals surface area contributed by atoms with Gasteiger partial charge in [-0.25, -0.2) is 0 Å². The number of unbranched alkanes of at least 4 members (excludes halogenated alkanes) is 4. The molecule has 0 bridgehead atoms. The molecule has 1 aromatic heterocycles. The van der Waals surface area contributed by atoms with Gasteiger partial charge in [0.1, 0.15) is 5.75 Å². The maximum absolute atomic E-state index is 12.8. The normalized spacial score (nSPS) is 10.9. The molecular weight excluding hydrogens is 358 g/mol. The lowest BCUT2D eigenvalue weighted by Crippen LogP contribution is -2.17. The van der Waals surface area contributed by atoms with E-state index < -0.39 is 0 Å². The molecule has 1 heterocycles. The summed E-state index contributed by atoms with van der Waals surface area (Å²) in [5.41, 5.74) is 4.98. The maximum atomic E-state index is 12.8. The van der Waals surface area contributed by atoms with Gasteiger partial charge >= 0.3 is 0 Å². The fourth-order valence-electron chi connectivity index (χ4n) is 3.83. The van der Waals surface area contributed by atoms with Crippen molar-refractivity contribution in [1.82, 2.24) is 4.57 Å². The van der Waals surface area contributed by atoms with Crippen LogP contribution < -0.4 is 10.2 Å². The second-order valence-corrected chi connectivity index (χ2v) is 7.54. The summed E-state index contributed by atoms with van der Waals surface area (Å²) in [7, 11) is 1.68. The van der Waals surface area contributed by atoms with Crippen LogP contribution in [0.1, 0.15) is 50.3 Å². The maximum Gasteiger partial charge on any atom is 0.185 e. The second kappa shape index (κ2) is 10.1. The fourth-order valence-corrected chi connectivity index (χ4v) is 3.83. The molecular formula is C26H31NO2. The number of hydrogen-bond donors (Lipinski definition) is 0. The molecule has 0 spiro atoms. The van der Waals surface area contributed by atoms with Gasteiger partial charge in [0.25, 0.3) is 0 Å². The highest BCUT2D eigenvalue weighted by molar-refractivity contribution is 5.67. The minimum absolute atomic E-state index is 0.103. The topological polar surface area (TPSA) is 31.2 Å². The summed E-state index contributed by atoms with van der Waals surface area (Å²) >= 11 is 0. The molecule has 0 saturated carbocycles. The lowest BCUT2D eigenvalue weighted by Gasteiger charge is -2.22. The zero-order valence-electron chi connectivity index (χ0n) is 17.8. The predicted octanol–water partition coefficient (Wildman–Crippen LogP) is 6.33. The standard InChI is InChI=1S/C26H31NO2/c1-4-5-6-7-11-15-23-19-25(28)20(2)26(21-13-9-8-10-14-21)27(23)22-16-12-17-24(18-22)29-3/h8-10,12-14,16-19H,4-7,11,15H2,1-3H3. The number of aromatic nitrogens is 1. The third-order valence-corrected chi connectivity index (χ3v) is 5.43. The van der Waals surface area contributed by atoms with Gasteiger partial charge in [-0.15, -0.1) is 0 Å². The van der Waals surface area contributed by atoms with E-state index in [4.69, 9.17) is 4.74 Å². The average molecular weight is 390 g/mol. The Kier molecular flexibility index (Phi) is 7.29. The zero-order chi connectivity index (χ0) is 20.6. The number of hydrogen-bond acceptors (Lipinski definition) is 2. The molecule has 152 valence electrons. The van der Waals surface area contributed by atoms with Gasteiger partial charge in [0.05, 0.1) is 12.8 Å². The summed E-state index contributed by atoms with van der Waals surface area (Å²) in [6.07, 6.45) is 6.91. The summed E-state index contributed by atoms with van der Waals surface area (Å²) in [5.74, 6) is 0.812. The van der Waals surface area contributed by atoms with Crippen LogP contribution in [0, 0.1) is 6.92 Å². The van der Waals surface area contributed by atoms with Crippen molar-refractivity contribution >= 4 is 0 Å². The van der Waals surface area contributed by atoms with Crippen LogP contribution >= 0.6 is 0 Å². The van der Waals surface area contributed by atoms with Gasteiger partial charge in [0.15, 0.2) is 5.43 Å². The fraction of sp³-hybridized carbons (Fsp3) is 0.346. The quantitative estimate of drug-likeness (QED) is 0.400. The highest BCUT2D eigenvalue weighted by atomic mass is 16.5. The van der Waals surface area contributed by atoms with E-state index in [1.165, 1.54) is 25.7 Å². The molecule has 3 aromatic rings. The van der Waals surface area contributed by atoms with Crippen molar-refractivity contribution in [2.75, 3.05) is 7.11 Å². The Bertz CT molecular complexity index is 989. The third kappa shape index (κ3) is 4.97. The van der Waals surface area contributed by atoms with Crippen molar-refractivity contribution in [2.24, 2.45) is 0 Å². The van der Waals surface area contributed by atoms with E-state index in [2.05, 4.69) is 29.7 Å². The van der Waals surface area contributed by atoms with Gasteiger partial charge in [0.2, 0.25) is 0 Å². The molecule has 0 aliphatic heterocycles. The van der Waals surface area contributed by atoms with Crippen LogP contribution in [-0.4, -0.2) is 11.7 Å². The molecule has 0 unspecified atom stereocenters. The molecule has 2 aromatic carbocycles. The zero-order valence-corrected chi connectivity index (χ0v) is 17.8. The lowest BCUT2D eigenvalue weighted by atomic mass is 10.0. The van der Waals surface area contributed by atoms with Crippen molar-refractivity contribution in [3.05, 3.63) is 82.1 Å². The number of ether oxygens (including phenoxy) is 1. The molecule has 29 heavy (non-hydrogen) atoms. The van der Waals surface area contributed by atoms with E-state index in [9.17, 15) is 4.79 Å². The summed E-state index contributed by atoms with van der Waals surface area (Å²) in [6, 6.07) is 20.1. The van der Waals surface area contributed by atoms with Crippen molar-refractivity contribution in [2.45, 2.75) is 52.4 Å². The first-order chi connectivity index (χ1) is 14.2. The SMILES string of the molecule is CCCCCCCc1cc(=O)c(C)c(-c2ccccc2)n1-c1cccc(OC)c1. The van der Waals surface area contributed by atoms with Crippen LogP contribution in [0.5, 0.6) is 5.75 Å². The Hall–Kier alpha value is -2.81. The molecule has 0 fully saturated rings. The number of pyridine rings is 1. The van der Waals surface area contributed by atoms with Crippen LogP contribution in [0.25, 0.3) is 16.9 Å². The molecule has 0 saturated heterocycles. The van der Waals surface area contributed by atoms with E-state index in [1.807, 2.05) is 49.4 Å². The highest BCUT2D eigenvalue weighted by Gasteiger charge is 2.16. The first-order valence-electron chi connectivity index (χ1n) is 10.6. The average Bonchev–Trinajstić information content (AvgIpc) is 2.76. The number of rotatable bonds is 9. The van der Waals surface area contributed by atoms with Gasteiger partial charge in [-0.3, -0.25) is 4.79 Å². The van der Waals surface area contributed by atoms with E-state index in [1.54, 1.807) is 7.11 Å². The number of benzene rings is 2. The Morgan fingerprint density at radius 3 is 2.38 bits per heavy atom. The molecule has 3 rings (SSSR count). The van der Waals surface area contributed by atoms with Crippen LogP contribution in [-0.2, 0) is 6.42 Å². The Balaban J connectivity index is 2.14. The van der Waals surface area contributed by atoms with Gasteiger partial charge in [-0.05, 0) is 37.5 Å². The smallest absolute Gasteiger partial charge is 0.185 e. The number of nitrogens with zero attached hydrogens (tertiary/aromatic N) is 1. The first kappa shape index (κ1) is 20.9. The summed E-state index contributed by atoms with van der Waals surface area (Å²) in [5, 5.41) is 0. The minimum atomic E-state index is 0.103. The Labute approximate surface area is 174 Å². The molecule has 0 radical (unpaired) electrons. The lowest BCUT2D eigenvalue weighted by molar-refractivity contribution is 0.414. The third-order valence-electron chi connectivity index (χ3n) is 5.43. The van der Waals surface area contributed by atoms with Gasteiger partial charge < -0.3 is 9.30 Å². The van der Waals surface area contributed by atoms with Crippen LogP contribution in [0.2, 0.25) is 0 Å². The Morgan fingerprint density at radius 2 is 1.66 bits per heavy atom. The summed E-state index contributed by atoms with van der Waals surface area (Å²) in [6.45, 7) is 4.15. The van der Waals surface area contributed by atoms with Crippen molar-refractivity contribution in [3.8, 4) is 22.7 Å². The summed E-state index contributed by atoms with van der Waals surface area (Å²) < 4.78 is 7.71. The van der Waals surface area contributed by atoms with E-state index in [0.717, 1.165) is 46.8 Å². The Morgan fingerprint density at radius 1 is 0.897 bits per heavy atom. The molecule has 0 amide bonds. The van der Waals surface area contributed by atoms with Crippen LogP contribution in [0.15, 0.2) is 65.5 Å². The van der Waals surface area contributed by atoms with Crippen molar-refractivity contribution in [3.63, 3.8) is 0 Å². The van der Waals surface area contributed by atoms with Gasteiger partial charge in [0, 0.05) is 29.1 Å². The molecule has 3 heteroatoms. The highest BCUT2D eigenvalue weighted by Crippen LogP contribution is 2.29. The molecule has 0 atom stereocenters. The van der Waals surface area contributed by atoms with Crippen molar-refractivity contribution in [1.29, 1.82) is 0 Å². The van der Waals surface area contributed by atoms with Crippen LogP contribution in [0.3, 0.4) is 0 Å². The molecule has 0 aliphatic rings. The predicted molar refractivity (Wildman–Crippen MR) is 121 cm³/mol. The van der Waals surface area contributed by atoms with Gasteiger partial charge in [-0.2, -0.15) is 0 Å². The van der Waals surface area contributed by atoms with Crippen molar-refractivity contribution < 1.29 is 4.74 Å². The monoisotopic (exact) mass is 389 g/mol. The van der Waals surface area contributed by atoms with E-state index in [0.29, 0.717) is 0 Å². The second-order valence-electron chi connectivity index (χ2n) is 7.54.